The summed E-state index contributed by atoms with van der Waals surface area (Å²) in [6, 6.07) is 23.4. The SMILES string of the molecule is O=C(CN1CCc2ccccc2C1)N1c2ccccc2S(=O)c2ccccc21. The highest BCUT2D eigenvalue weighted by molar-refractivity contribution is 7.85. The lowest BCUT2D eigenvalue weighted by atomic mass is 10.00. The maximum absolute atomic E-state index is 13.4. The van der Waals surface area contributed by atoms with E-state index in [1.54, 1.807) is 4.90 Å². The standard InChI is InChI=1S/C23H20N2O2S/c26-23(16-24-14-13-17-7-1-2-8-18(17)15-24)25-19-9-3-5-11-21(19)28(27)22-12-6-4-10-20(22)25/h1-12H,13-16H2. The first-order chi connectivity index (χ1) is 13.7. The molecule has 0 fully saturated rings. The number of carbonyl (C=O) groups is 1. The molecule has 2 aliphatic rings. The summed E-state index contributed by atoms with van der Waals surface area (Å²) in [6.45, 7) is 1.99. The number of anilines is 2. The summed E-state index contributed by atoms with van der Waals surface area (Å²) in [5.41, 5.74) is 4.11. The number of rotatable bonds is 2. The van der Waals surface area contributed by atoms with E-state index in [-0.39, 0.29) is 5.91 Å². The van der Waals surface area contributed by atoms with Crippen LogP contribution in [0.2, 0.25) is 0 Å². The van der Waals surface area contributed by atoms with Gasteiger partial charge in [0.05, 0.1) is 38.5 Å². The first-order valence-electron chi connectivity index (χ1n) is 9.44. The first kappa shape index (κ1) is 17.3. The van der Waals surface area contributed by atoms with Crippen LogP contribution in [0.5, 0.6) is 0 Å². The van der Waals surface area contributed by atoms with Crippen molar-refractivity contribution in [3.63, 3.8) is 0 Å². The van der Waals surface area contributed by atoms with E-state index in [0.29, 0.717) is 16.3 Å². The molecule has 3 aromatic rings. The molecule has 0 atom stereocenters. The van der Waals surface area contributed by atoms with Crippen molar-refractivity contribution < 1.29 is 9.00 Å². The quantitative estimate of drug-likeness (QED) is 0.669. The van der Waals surface area contributed by atoms with Crippen molar-refractivity contribution in [3.05, 3.63) is 83.9 Å². The number of fused-ring (bicyclic) bond motifs is 3. The van der Waals surface area contributed by atoms with Crippen LogP contribution in [-0.4, -0.2) is 28.1 Å². The van der Waals surface area contributed by atoms with Gasteiger partial charge in [0, 0.05) is 13.1 Å². The van der Waals surface area contributed by atoms with E-state index in [1.807, 2.05) is 48.5 Å². The van der Waals surface area contributed by atoms with Crippen LogP contribution < -0.4 is 4.90 Å². The van der Waals surface area contributed by atoms with Crippen LogP contribution in [0.1, 0.15) is 11.1 Å². The van der Waals surface area contributed by atoms with Crippen LogP contribution in [0.15, 0.2) is 82.6 Å². The van der Waals surface area contributed by atoms with Gasteiger partial charge in [0.15, 0.2) is 0 Å². The van der Waals surface area contributed by atoms with Crippen molar-refractivity contribution in [1.29, 1.82) is 0 Å². The summed E-state index contributed by atoms with van der Waals surface area (Å²) in [5, 5.41) is 0. The Hall–Kier alpha value is -2.76. The monoisotopic (exact) mass is 388 g/mol. The molecule has 0 saturated carbocycles. The molecule has 0 aliphatic carbocycles. The fraction of sp³-hybridized carbons (Fsp3) is 0.174. The van der Waals surface area contributed by atoms with Gasteiger partial charge in [0.2, 0.25) is 5.91 Å². The second-order valence-electron chi connectivity index (χ2n) is 7.16. The second-order valence-corrected chi connectivity index (χ2v) is 8.58. The molecule has 2 aliphatic heterocycles. The molecule has 5 heteroatoms. The minimum Gasteiger partial charge on any atom is -0.290 e. The molecule has 0 unspecified atom stereocenters. The molecule has 2 heterocycles. The van der Waals surface area contributed by atoms with E-state index >= 15 is 0 Å². The molecule has 0 N–H and O–H groups in total. The summed E-state index contributed by atoms with van der Waals surface area (Å²) in [4.78, 5) is 18.7. The van der Waals surface area contributed by atoms with Gasteiger partial charge in [-0.2, -0.15) is 0 Å². The van der Waals surface area contributed by atoms with Gasteiger partial charge in [-0.3, -0.25) is 14.6 Å². The number of para-hydroxylation sites is 2. The Labute approximate surface area is 166 Å². The molecule has 0 bridgehead atoms. The largest absolute Gasteiger partial charge is 0.290 e. The van der Waals surface area contributed by atoms with Crippen LogP contribution in [0, 0.1) is 0 Å². The van der Waals surface area contributed by atoms with Crippen LogP contribution >= 0.6 is 0 Å². The number of hydrogen-bond acceptors (Lipinski definition) is 3. The number of benzene rings is 3. The van der Waals surface area contributed by atoms with Crippen molar-refractivity contribution in [2.75, 3.05) is 18.0 Å². The number of carbonyl (C=O) groups excluding carboxylic acids is 1. The van der Waals surface area contributed by atoms with E-state index in [9.17, 15) is 9.00 Å². The highest BCUT2D eigenvalue weighted by atomic mass is 32.2. The maximum Gasteiger partial charge on any atom is 0.245 e. The maximum atomic E-state index is 13.4. The van der Waals surface area contributed by atoms with Crippen molar-refractivity contribution in [1.82, 2.24) is 4.90 Å². The van der Waals surface area contributed by atoms with Crippen LogP contribution in [-0.2, 0) is 28.6 Å². The molecular formula is C23H20N2O2S. The van der Waals surface area contributed by atoms with Crippen LogP contribution in [0.25, 0.3) is 0 Å². The highest BCUT2D eigenvalue weighted by Crippen LogP contribution is 2.41. The van der Waals surface area contributed by atoms with Gasteiger partial charge in [0.1, 0.15) is 0 Å². The normalized spacial score (nSPS) is 16.2. The van der Waals surface area contributed by atoms with Crippen LogP contribution in [0.3, 0.4) is 0 Å². The predicted molar refractivity (Wildman–Crippen MR) is 110 cm³/mol. The third-order valence-electron chi connectivity index (χ3n) is 5.43. The van der Waals surface area contributed by atoms with Gasteiger partial charge in [0.25, 0.3) is 0 Å². The molecule has 0 spiro atoms. The Morgan fingerprint density at radius 1 is 0.821 bits per heavy atom. The smallest absolute Gasteiger partial charge is 0.245 e. The Balaban J connectivity index is 1.47. The lowest BCUT2D eigenvalue weighted by molar-refractivity contribution is -0.119. The van der Waals surface area contributed by atoms with Crippen molar-refractivity contribution >= 4 is 28.1 Å². The molecule has 0 aromatic heterocycles. The summed E-state index contributed by atoms with van der Waals surface area (Å²) in [5.74, 6) is 0.0102. The molecule has 1 amide bonds. The van der Waals surface area contributed by atoms with E-state index < -0.39 is 10.8 Å². The molecule has 140 valence electrons. The third-order valence-corrected chi connectivity index (χ3v) is 6.92. The molecule has 3 aromatic carbocycles. The van der Waals surface area contributed by atoms with Crippen molar-refractivity contribution in [2.24, 2.45) is 0 Å². The second kappa shape index (κ2) is 7.00. The molecule has 4 nitrogen and oxygen atoms in total. The lowest BCUT2D eigenvalue weighted by Crippen LogP contribution is -2.41. The van der Waals surface area contributed by atoms with Crippen LogP contribution in [0.4, 0.5) is 11.4 Å². The average molecular weight is 388 g/mol. The number of nitrogens with zero attached hydrogens (tertiary/aromatic N) is 2. The topological polar surface area (TPSA) is 40.6 Å². The minimum absolute atomic E-state index is 0.0102. The zero-order valence-corrected chi connectivity index (χ0v) is 16.2. The van der Waals surface area contributed by atoms with E-state index in [1.165, 1.54) is 11.1 Å². The van der Waals surface area contributed by atoms with E-state index in [4.69, 9.17) is 0 Å². The number of amides is 1. The molecule has 0 radical (unpaired) electrons. The summed E-state index contributed by atoms with van der Waals surface area (Å²) >= 11 is 0. The minimum atomic E-state index is -1.27. The zero-order chi connectivity index (χ0) is 19.1. The van der Waals surface area contributed by atoms with Gasteiger partial charge in [-0.05, 0) is 41.8 Å². The average Bonchev–Trinajstić information content (AvgIpc) is 2.74. The fourth-order valence-corrected chi connectivity index (χ4v) is 5.41. The highest BCUT2D eigenvalue weighted by Gasteiger charge is 2.32. The summed E-state index contributed by atoms with van der Waals surface area (Å²) in [6.07, 6.45) is 0.959. The van der Waals surface area contributed by atoms with Gasteiger partial charge >= 0.3 is 0 Å². The van der Waals surface area contributed by atoms with E-state index in [2.05, 4.69) is 29.2 Å². The van der Waals surface area contributed by atoms with Crippen molar-refractivity contribution in [3.8, 4) is 0 Å². The molecular weight excluding hydrogens is 368 g/mol. The zero-order valence-electron chi connectivity index (χ0n) is 15.4. The predicted octanol–water partition coefficient (Wildman–Crippen LogP) is 3.89. The Morgan fingerprint density at radius 2 is 1.39 bits per heavy atom. The summed E-state index contributed by atoms with van der Waals surface area (Å²) in [7, 11) is -1.27. The van der Waals surface area contributed by atoms with Gasteiger partial charge < -0.3 is 0 Å². The molecule has 0 saturated heterocycles. The number of hydrogen-bond donors (Lipinski definition) is 0. The van der Waals surface area contributed by atoms with Gasteiger partial charge in [-0.1, -0.05) is 48.5 Å². The summed E-state index contributed by atoms with van der Waals surface area (Å²) < 4.78 is 13.0. The van der Waals surface area contributed by atoms with Gasteiger partial charge in [-0.25, -0.2) is 4.21 Å². The van der Waals surface area contributed by atoms with Gasteiger partial charge in [-0.15, -0.1) is 0 Å². The molecule has 28 heavy (non-hydrogen) atoms. The first-order valence-corrected chi connectivity index (χ1v) is 10.6. The molecule has 5 rings (SSSR count). The Kier molecular flexibility index (Phi) is 4.34. The van der Waals surface area contributed by atoms with Crippen molar-refractivity contribution in [2.45, 2.75) is 22.8 Å². The third kappa shape index (κ3) is 2.87. The van der Waals surface area contributed by atoms with E-state index in [0.717, 1.165) is 30.9 Å². The Bertz CT molecular complexity index is 1050. The Morgan fingerprint density at radius 3 is 2.07 bits per heavy atom. The lowest BCUT2D eigenvalue weighted by Gasteiger charge is -2.34. The fourth-order valence-electron chi connectivity index (χ4n) is 4.07.